The van der Waals surface area contributed by atoms with E-state index in [4.69, 9.17) is 11.6 Å². The molecule has 60 valence electrons. The van der Waals surface area contributed by atoms with Crippen LogP contribution in [0.2, 0.25) is 0 Å². The van der Waals surface area contributed by atoms with E-state index in [-0.39, 0.29) is 0 Å². The topological polar surface area (TPSA) is 3.24 Å². The summed E-state index contributed by atoms with van der Waals surface area (Å²) in [4.78, 5) is 1.37. The molecule has 0 spiro atoms. The predicted molar refractivity (Wildman–Crippen MR) is 44.2 cm³/mol. The van der Waals surface area contributed by atoms with Crippen LogP contribution in [0.1, 0.15) is 6.42 Å². The van der Waals surface area contributed by atoms with Gasteiger partial charge in [0.05, 0.1) is 0 Å². The summed E-state index contributed by atoms with van der Waals surface area (Å²) in [6.07, 6.45) is 2.30. The van der Waals surface area contributed by atoms with E-state index >= 15 is 0 Å². The van der Waals surface area contributed by atoms with Crippen LogP contribution in [-0.2, 0) is 0 Å². The van der Waals surface area contributed by atoms with E-state index in [0.29, 0.717) is 6.42 Å². The number of halogens is 2. The second-order valence-corrected chi connectivity index (χ2v) is 4.45. The number of hydrogen-bond donors (Lipinski definition) is 0. The Balaban J connectivity index is 2.68. The van der Waals surface area contributed by atoms with Crippen molar-refractivity contribution in [1.29, 1.82) is 0 Å². The Bertz CT molecular complexity index is 151. The Morgan fingerprint density at radius 2 is 2.00 bits per heavy atom. The van der Waals surface area contributed by atoms with Gasteiger partial charge in [-0.1, -0.05) is 11.6 Å². The number of hydrogen-bond acceptors (Lipinski definition) is 2. The van der Waals surface area contributed by atoms with Gasteiger partial charge >= 0.3 is 0 Å². The molecule has 1 fully saturated rings. The maximum Gasteiger partial charge on any atom is 0.213 e. The Morgan fingerprint density at radius 3 is 2.00 bits per heavy atom. The van der Waals surface area contributed by atoms with Gasteiger partial charge in [-0.25, -0.2) is 4.39 Å². The summed E-state index contributed by atoms with van der Waals surface area (Å²) in [5.74, 6) is 0. The highest BCUT2D eigenvalue weighted by Gasteiger charge is 2.70. The zero-order valence-corrected chi connectivity index (χ0v) is 7.89. The van der Waals surface area contributed by atoms with Crippen LogP contribution < -0.4 is 0 Å². The summed E-state index contributed by atoms with van der Waals surface area (Å²) in [6.45, 7) is 0. The Morgan fingerprint density at radius 1 is 1.60 bits per heavy atom. The van der Waals surface area contributed by atoms with Gasteiger partial charge in [-0.05, 0) is 20.4 Å². The molecule has 0 bridgehead atoms. The molecule has 0 radical (unpaired) electrons. The first-order chi connectivity index (χ1) is 4.46. The van der Waals surface area contributed by atoms with E-state index in [0.717, 1.165) is 0 Å². The van der Waals surface area contributed by atoms with E-state index in [9.17, 15) is 4.39 Å². The molecule has 1 rings (SSSR count). The first kappa shape index (κ1) is 8.62. The van der Waals surface area contributed by atoms with E-state index in [1.807, 2.05) is 25.3 Å². The van der Waals surface area contributed by atoms with Crippen LogP contribution in [0.5, 0.6) is 0 Å². The zero-order chi connectivity index (χ0) is 7.99. The molecule has 0 amide bonds. The van der Waals surface area contributed by atoms with Crippen LogP contribution in [0.15, 0.2) is 0 Å². The molecule has 0 aromatic heterocycles. The average Bonchev–Trinajstić information content (AvgIpc) is 2.35. The van der Waals surface area contributed by atoms with Gasteiger partial charge < -0.3 is 0 Å². The maximum atomic E-state index is 13.1. The van der Waals surface area contributed by atoms with Gasteiger partial charge in [0.2, 0.25) is 5.13 Å². The first-order valence-electron chi connectivity index (χ1n) is 3.07. The summed E-state index contributed by atoms with van der Waals surface area (Å²) in [7, 11) is 3.69. The Hall–Kier alpha value is 0.530. The number of thioether (sulfide) groups is 1. The lowest BCUT2D eigenvalue weighted by atomic mass is 10.6. The van der Waals surface area contributed by atoms with Gasteiger partial charge in [-0.3, -0.25) is 4.90 Å². The van der Waals surface area contributed by atoms with E-state index in [2.05, 4.69) is 0 Å². The fourth-order valence-corrected chi connectivity index (χ4v) is 2.83. The Kier molecular flexibility index (Phi) is 1.95. The summed E-state index contributed by atoms with van der Waals surface area (Å²) < 4.78 is 13.1. The summed E-state index contributed by atoms with van der Waals surface area (Å²) in [6, 6.07) is 0. The third kappa shape index (κ3) is 0.953. The third-order valence-corrected chi connectivity index (χ3v) is 4.03. The second-order valence-electron chi connectivity index (χ2n) is 2.76. The number of alkyl halides is 2. The van der Waals surface area contributed by atoms with Crippen LogP contribution in [-0.4, -0.2) is 35.2 Å². The lowest BCUT2D eigenvalue weighted by molar-refractivity contribution is 0.287. The minimum absolute atomic E-state index is 0.426. The lowest BCUT2D eigenvalue weighted by Gasteiger charge is -2.22. The molecule has 1 nitrogen and oxygen atoms in total. The van der Waals surface area contributed by atoms with Gasteiger partial charge in [0.25, 0.3) is 0 Å². The van der Waals surface area contributed by atoms with Crippen molar-refractivity contribution >= 4 is 23.4 Å². The number of nitrogens with zero attached hydrogens (tertiary/aromatic N) is 1. The molecule has 0 aliphatic heterocycles. The summed E-state index contributed by atoms with van der Waals surface area (Å²) in [5.41, 5.74) is 0. The largest absolute Gasteiger partial charge is 0.291 e. The van der Waals surface area contributed by atoms with Crippen LogP contribution in [0.4, 0.5) is 4.39 Å². The van der Waals surface area contributed by atoms with Crippen LogP contribution in [0.25, 0.3) is 0 Å². The van der Waals surface area contributed by atoms with Crippen LogP contribution in [0.3, 0.4) is 0 Å². The van der Waals surface area contributed by atoms with E-state index in [1.165, 1.54) is 11.8 Å². The van der Waals surface area contributed by atoms with Crippen LogP contribution in [0, 0.1) is 0 Å². The molecule has 0 aromatic rings. The van der Waals surface area contributed by atoms with Crippen molar-refractivity contribution in [2.45, 2.75) is 16.4 Å². The third-order valence-electron chi connectivity index (χ3n) is 1.97. The molecule has 1 aliphatic carbocycles. The van der Waals surface area contributed by atoms with E-state index < -0.39 is 10.00 Å². The van der Waals surface area contributed by atoms with Gasteiger partial charge in [-0.2, -0.15) is 0 Å². The highest BCUT2D eigenvalue weighted by Crippen LogP contribution is 2.63. The monoisotopic (exact) mass is 183 g/mol. The van der Waals surface area contributed by atoms with Crippen molar-refractivity contribution in [3.8, 4) is 0 Å². The predicted octanol–water partition coefficient (Wildman–Crippen LogP) is 1.92. The molecular weight excluding hydrogens is 173 g/mol. The van der Waals surface area contributed by atoms with Crippen molar-refractivity contribution < 1.29 is 4.39 Å². The molecule has 0 N–H and O–H groups in total. The van der Waals surface area contributed by atoms with Crippen molar-refractivity contribution in [2.24, 2.45) is 0 Å². The molecular formula is C6H11ClFNS. The summed E-state index contributed by atoms with van der Waals surface area (Å²) >= 11 is 7.00. The first-order valence-corrected chi connectivity index (χ1v) is 4.67. The molecule has 0 heterocycles. The van der Waals surface area contributed by atoms with E-state index in [1.54, 1.807) is 0 Å². The molecule has 2 unspecified atom stereocenters. The quantitative estimate of drug-likeness (QED) is 0.476. The van der Waals surface area contributed by atoms with Gasteiger partial charge in [-0.15, -0.1) is 11.8 Å². The van der Waals surface area contributed by atoms with Crippen molar-refractivity contribution in [3.63, 3.8) is 0 Å². The molecule has 10 heavy (non-hydrogen) atoms. The van der Waals surface area contributed by atoms with Crippen molar-refractivity contribution in [1.82, 2.24) is 4.90 Å². The molecule has 0 saturated heterocycles. The highest BCUT2D eigenvalue weighted by atomic mass is 35.5. The van der Waals surface area contributed by atoms with Crippen molar-refractivity contribution in [2.75, 3.05) is 20.4 Å². The Labute approximate surface area is 69.9 Å². The zero-order valence-electron chi connectivity index (χ0n) is 6.32. The second kappa shape index (κ2) is 2.26. The number of rotatable bonds is 2. The van der Waals surface area contributed by atoms with Gasteiger partial charge in [0.1, 0.15) is 4.87 Å². The SMILES string of the molecule is CSC1(N(C)C)CC1(F)Cl. The van der Waals surface area contributed by atoms with Crippen LogP contribution >= 0.6 is 23.4 Å². The highest BCUT2D eigenvalue weighted by molar-refractivity contribution is 8.00. The minimum atomic E-state index is -1.50. The lowest BCUT2D eigenvalue weighted by Crippen LogP contribution is -2.31. The fourth-order valence-electron chi connectivity index (χ4n) is 1.15. The minimum Gasteiger partial charge on any atom is -0.291 e. The molecule has 4 heteroatoms. The van der Waals surface area contributed by atoms with Crippen molar-refractivity contribution in [3.05, 3.63) is 0 Å². The smallest absolute Gasteiger partial charge is 0.213 e. The molecule has 0 aromatic carbocycles. The average molecular weight is 184 g/mol. The van der Waals surface area contributed by atoms with Gasteiger partial charge in [0.15, 0.2) is 0 Å². The normalized spacial score (nSPS) is 46.2. The summed E-state index contributed by atoms with van der Waals surface area (Å²) in [5, 5.41) is -1.50. The molecule has 1 saturated carbocycles. The molecule has 1 aliphatic rings. The molecule has 2 atom stereocenters. The fraction of sp³-hybridized carbons (Fsp3) is 1.00. The standard InChI is InChI=1S/C6H11ClFNS/c1-9(2)6(10-3)4-5(6,7)8/h4H2,1-3H3. The maximum absolute atomic E-state index is 13.1. The van der Waals surface area contributed by atoms with Gasteiger partial charge in [0, 0.05) is 6.42 Å².